The van der Waals surface area contributed by atoms with E-state index in [1.54, 1.807) is 0 Å². The zero-order chi connectivity index (χ0) is 29.4. The number of fused-ring (bicyclic) bond motifs is 11. The highest BCUT2D eigenvalue weighted by molar-refractivity contribution is 6.26. The summed E-state index contributed by atoms with van der Waals surface area (Å²) in [5.74, 6) is 0. The predicted molar refractivity (Wildman–Crippen MR) is 188 cm³/mol. The summed E-state index contributed by atoms with van der Waals surface area (Å²) in [6, 6.07) is 41.4. The Bertz CT molecular complexity index is 2690. The van der Waals surface area contributed by atoms with Crippen LogP contribution in [-0.4, -0.2) is 9.13 Å². The lowest BCUT2D eigenvalue weighted by molar-refractivity contribution is 0.669. The van der Waals surface area contributed by atoms with Crippen molar-refractivity contribution < 1.29 is 4.42 Å². The molecule has 44 heavy (non-hydrogen) atoms. The molecule has 0 unspecified atom stereocenters. The topological polar surface area (TPSA) is 23.0 Å². The van der Waals surface area contributed by atoms with Crippen LogP contribution in [0.5, 0.6) is 0 Å². The Labute approximate surface area is 253 Å². The number of aromatic nitrogens is 2. The lowest BCUT2D eigenvalue weighted by Crippen LogP contribution is -1.96. The maximum Gasteiger partial charge on any atom is 0.135 e. The van der Waals surface area contributed by atoms with E-state index in [9.17, 15) is 0 Å². The van der Waals surface area contributed by atoms with Gasteiger partial charge in [0, 0.05) is 43.7 Å². The van der Waals surface area contributed by atoms with Gasteiger partial charge in [-0.15, -0.1) is 0 Å². The Morgan fingerprint density at radius 2 is 1.39 bits per heavy atom. The highest BCUT2D eigenvalue weighted by Crippen LogP contribution is 2.42. The molecule has 208 valence electrons. The van der Waals surface area contributed by atoms with Gasteiger partial charge in [0.15, 0.2) is 0 Å². The summed E-state index contributed by atoms with van der Waals surface area (Å²) in [5, 5.41) is 9.69. The second-order valence-corrected chi connectivity index (χ2v) is 11.4. The molecule has 9 aromatic rings. The first-order chi connectivity index (χ1) is 21.7. The van der Waals surface area contributed by atoms with Crippen LogP contribution in [0.25, 0.3) is 87.7 Å². The van der Waals surface area contributed by atoms with Gasteiger partial charge in [-0.2, -0.15) is 0 Å². The molecule has 3 nitrogen and oxygen atoms in total. The van der Waals surface area contributed by atoms with Crippen molar-refractivity contribution in [3.63, 3.8) is 0 Å². The van der Waals surface area contributed by atoms with Crippen molar-refractivity contribution in [1.82, 2.24) is 9.13 Å². The van der Waals surface area contributed by atoms with Crippen LogP contribution in [0.15, 0.2) is 151 Å². The largest absolute Gasteiger partial charge is 0.456 e. The van der Waals surface area contributed by atoms with E-state index in [-0.39, 0.29) is 0 Å². The van der Waals surface area contributed by atoms with E-state index in [0.29, 0.717) is 0 Å². The van der Waals surface area contributed by atoms with Crippen molar-refractivity contribution in [2.24, 2.45) is 0 Å². The zero-order valence-corrected chi connectivity index (χ0v) is 24.3. The highest BCUT2D eigenvalue weighted by Gasteiger charge is 2.20. The van der Waals surface area contributed by atoms with E-state index in [1.165, 1.54) is 43.4 Å². The van der Waals surface area contributed by atoms with E-state index < -0.39 is 0 Å². The van der Waals surface area contributed by atoms with Gasteiger partial charge in [-0.05, 0) is 78.4 Å². The summed E-state index contributed by atoms with van der Waals surface area (Å²) in [6.07, 6.45) is 8.22. The van der Waals surface area contributed by atoms with Crippen LogP contribution in [0.3, 0.4) is 0 Å². The number of para-hydroxylation sites is 2. The van der Waals surface area contributed by atoms with Crippen molar-refractivity contribution in [3.8, 4) is 5.69 Å². The fraction of sp³-hybridized carbons (Fsp3) is 0.0244. The molecule has 3 heteroatoms. The van der Waals surface area contributed by atoms with Crippen LogP contribution in [-0.2, 0) is 0 Å². The Morgan fingerprint density at radius 3 is 2.25 bits per heavy atom. The third-order valence-corrected chi connectivity index (χ3v) is 8.99. The molecule has 3 aromatic heterocycles. The second kappa shape index (κ2) is 9.35. The van der Waals surface area contributed by atoms with Crippen molar-refractivity contribution in [2.75, 3.05) is 0 Å². The number of hydrogen-bond acceptors (Lipinski definition) is 1. The molecular weight excluding hydrogens is 536 g/mol. The van der Waals surface area contributed by atoms with Gasteiger partial charge in [0.2, 0.25) is 0 Å². The predicted octanol–water partition coefficient (Wildman–Crippen LogP) is 11.5. The number of furan rings is 1. The molecule has 0 aliphatic carbocycles. The lowest BCUT2D eigenvalue weighted by atomic mass is 10.0. The average Bonchev–Trinajstić information content (AvgIpc) is 3.71. The van der Waals surface area contributed by atoms with Crippen molar-refractivity contribution in [3.05, 3.63) is 146 Å². The van der Waals surface area contributed by atoms with Crippen molar-refractivity contribution in [1.29, 1.82) is 0 Å². The Balaban J connectivity index is 1.46. The van der Waals surface area contributed by atoms with Gasteiger partial charge in [0.1, 0.15) is 11.2 Å². The molecule has 9 rings (SSSR count). The molecule has 6 aromatic carbocycles. The van der Waals surface area contributed by atoms with Crippen molar-refractivity contribution >= 4 is 82.0 Å². The molecule has 0 atom stereocenters. The molecular formula is C41H28N2O. The minimum atomic E-state index is 0.898. The van der Waals surface area contributed by atoms with E-state index in [2.05, 4.69) is 137 Å². The van der Waals surface area contributed by atoms with E-state index in [1.807, 2.05) is 25.1 Å². The quantitative estimate of drug-likeness (QED) is 0.195. The highest BCUT2D eigenvalue weighted by atomic mass is 16.3. The maximum atomic E-state index is 6.18. The summed E-state index contributed by atoms with van der Waals surface area (Å²) >= 11 is 0. The fourth-order valence-corrected chi connectivity index (χ4v) is 7.09. The first-order valence-corrected chi connectivity index (χ1v) is 15.0. The van der Waals surface area contributed by atoms with Gasteiger partial charge in [-0.1, -0.05) is 85.5 Å². The molecule has 0 aliphatic heterocycles. The fourth-order valence-electron chi connectivity index (χ4n) is 7.09. The van der Waals surface area contributed by atoms with Crippen LogP contribution < -0.4 is 0 Å². The molecule has 0 spiro atoms. The summed E-state index contributed by atoms with van der Waals surface area (Å²) in [5.41, 5.74) is 8.61. The standard InChI is InChI=1S/C41H28N2O/c1-3-5-13-27(4-2)42-36-21-19-26-12-6-7-14-29(26)41(36)34-24-32-30-15-8-10-17-35(30)43(37(32)25-38(34)42)28-20-22-40-33(23-28)31-16-9-11-18-39(31)44-40/h3-25H,2H2,1H3/b5-3-,27-13+. The maximum absolute atomic E-state index is 6.18. The van der Waals surface area contributed by atoms with E-state index >= 15 is 0 Å². The lowest BCUT2D eigenvalue weighted by Gasteiger charge is -2.11. The van der Waals surface area contributed by atoms with Crippen molar-refractivity contribution in [2.45, 2.75) is 6.92 Å². The number of hydrogen-bond donors (Lipinski definition) is 0. The van der Waals surface area contributed by atoms with Gasteiger partial charge in [0.05, 0.1) is 22.1 Å². The monoisotopic (exact) mass is 564 g/mol. The molecule has 3 heterocycles. The Hall–Kier alpha value is -5.80. The van der Waals surface area contributed by atoms with Crippen LogP contribution >= 0.6 is 0 Å². The smallest absolute Gasteiger partial charge is 0.135 e. The van der Waals surface area contributed by atoms with Gasteiger partial charge < -0.3 is 13.6 Å². The third kappa shape index (κ3) is 3.38. The van der Waals surface area contributed by atoms with E-state index in [0.717, 1.165) is 44.4 Å². The number of nitrogens with zero attached hydrogens (tertiary/aromatic N) is 2. The Kier molecular flexibility index (Phi) is 5.26. The molecule has 0 N–H and O–H groups in total. The zero-order valence-electron chi connectivity index (χ0n) is 24.3. The molecule has 0 bridgehead atoms. The normalized spacial score (nSPS) is 12.8. The minimum Gasteiger partial charge on any atom is -0.456 e. The second-order valence-electron chi connectivity index (χ2n) is 11.4. The minimum absolute atomic E-state index is 0.898. The number of allylic oxidation sites excluding steroid dienone is 5. The van der Waals surface area contributed by atoms with E-state index in [4.69, 9.17) is 4.42 Å². The third-order valence-electron chi connectivity index (χ3n) is 8.99. The molecule has 0 amide bonds. The molecule has 0 fully saturated rings. The van der Waals surface area contributed by atoms with Gasteiger partial charge in [-0.3, -0.25) is 0 Å². The number of rotatable bonds is 4. The van der Waals surface area contributed by atoms with Crippen LogP contribution in [0, 0.1) is 0 Å². The van der Waals surface area contributed by atoms with Crippen LogP contribution in [0.2, 0.25) is 0 Å². The SMILES string of the molecule is C=C/C(=C\C=C/C)n1c2cc3c(cc2c2c4ccccc4ccc21)c1ccccc1n3-c1ccc2oc3ccccc3c2c1. The summed E-state index contributed by atoms with van der Waals surface area (Å²) in [7, 11) is 0. The van der Waals surface area contributed by atoms with Crippen LogP contribution in [0.1, 0.15) is 6.92 Å². The van der Waals surface area contributed by atoms with Gasteiger partial charge in [0.25, 0.3) is 0 Å². The summed E-state index contributed by atoms with van der Waals surface area (Å²) < 4.78 is 10.9. The molecule has 0 saturated heterocycles. The average molecular weight is 565 g/mol. The Morgan fingerprint density at radius 1 is 0.614 bits per heavy atom. The first kappa shape index (κ1) is 24.8. The first-order valence-electron chi connectivity index (χ1n) is 15.0. The molecule has 0 saturated carbocycles. The summed E-state index contributed by atoms with van der Waals surface area (Å²) in [6.45, 7) is 6.26. The molecule has 0 aliphatic rings. The van der Waals surface area contributed by atoms with Crippen LogP contribution in [0.4, 0.5) is 0 Å². The molecule has 0 radical (unpaired) electrons. The summed E-state index contributed by atoms with van der Waals surface area (Å²) in [4.78, 5) is 0. The van der Waals surface area contributed by atoms with Gasteiger partial charge >= 0.3 is 0 Å². The number of benzene rings is 6. The van der Waals surface area contributed by atoms with Gasteiger partial charge in [-0.25, -0.2) is 0 Å².